The predicted octanol–water partition coefficient (Wildman–Crippen LogP) is -0.0626. The number of ether oxygens (including phenoxy) is 1. The van der Waals surface area contributed by atoms with E-state index in [0.29, 0.717) is 6.54 Å². The smallest absolute Gasteiger partial charge is 0.188 e. The van der Waals surface area contributed by atoms with E-state index >= 15 is 0 Å². The van der Waals surface area contributed by atoms with E-state index in [0.717, 1.165) is 31.9 Å². The fourth-order valence-electron chi connectivity index (χ4n) is 2.23. The van der Waals surface area contributed by atoms with E-state index in [1.807, 2.05) is 35.2 Å². The van der Waals surface area contributed by atoms with Crippen LogP contribution in [-0.4, -0.2) is 66.3 Å². The summed E-state index contributed by atoms with van der Waals surface area (Å²) in [6.07, 6.45) is -0.515. The van der Waals surface area contributed by atoms with Crippen LogP contribution in [0, 0.1) is 5.41 Å². The maximum Gasteiger partial charge on any atom is 0.188 e. The molecule has 1 aliphatic rings. The van der Waals surface area contributed by atoms with Crippen LogP contribution in [0.15, 0.2) is 30.3 Å². The van der Waals surface area contributed by atoms with Crippen LogP contribution >= 0.6 is 0 Å². The number of aliphatic hydroxyl groups excluding tert-OH is 1. The van der Waals surface area contributed by atoms with Crippen LogP contribution in [-0.2, 0) is 0 Å². The molecule has 1 aliphatic heterocycles. The van der Waals surface area contributed by atoms with Gasteiger partial charge in [-0.2, -0.15) is 0 Å². The first-order valence-corrected chi connectivity index (χ1v) is 6.82. The molecule has 0 saturated carbocycles. The van der Waals surface area contributed by atoms with E-state index in [1.54, 1.807) is 0 Å². The Labute approximate surface area is 119 Å². The van der Waals surface area contributed by atoms with E-state index in [1.165, 1.54) is 0 Å². The minimum Gasteiger partial charge on any atom is -0.491 e. The lowest BCUT2D eigenvalue weighted by molar-refractivity contribution is 0.0554. The van der Waals surface area contributed by atoms with Crippen molar-refractivity contribution < 1.29 is 9.84 Å². The Balaban J connectivity index is 1.68. The van der Waals surface area contributed by atoms with E-state index in [9.17, 15) is 5.11 Å². The molecule has 0 unspecified atom stereocenters. The summed E-state index contributed by atoms with van der Waals surface area (Å²) in [4.78, 5) is 4.00. The zero-order chi connectivity index (χ0) is 14.4. The Morgan fingerprint density at radius 2 is 1.90 bits per heavy atom. The van der Waals surface area contributed by atoms with Crippen LogP contribution in [0.2, 0.25) is 0 Å². The van der Waals surface area contributed by atoms with Gasteiger partial charge < -0.3 is 20.5 Å². The molecule has 1 atom stereocenters. The number of nitrogens with one attached hydrogen (secondary N) is 1. The van der Waals surface area contributed by atoms with Crippen molar-refractivity contribution in [3.63, 3.8) is 0 Å². The van der Waals surface area contributed by atoms with Gasteiger partial charge in [-0.05, 0) is 12.1 Å². The molecule has 1 aromatic carbocycles. The Hall–Kier alpha value is -1.79. The number of rotatable bonds is 5. The summed E-state index contributed by atoms with van der Waals surface area (Å²) < 4.78 is 5.53. The second-order valence-corrected chi connectivity index (χ2v) is 4.95. The highest BCUT2D eigenvalue weighted by atomic mass is 16.5. The summed E-state index contributed by atoms with van der Waals surface area (Å²) in [5, 5.41) is 17.4. The Kier molecular flexibility index (Phi) is 5.20. The number of nitrogens with two attached hydrogens (primary N) is 1. The van der Waals surface area contributed by atoms with Gasteiger partial charge in [0, 0.05) is 32.7 Å². The molecule has 1 saturated heterocycles. The van der Waals surface area contributed by atoms with Crippen LogP contribution < -0.4 is 10.5 Å². The first-order chi connectivity index (χ1) is 9.65. The van der Waals surface area contributed by atoms with E-state index in [-0.39, 0.29) is 12.6 Å². The topological polar surface area (TPSA) is 85.8 Å². The quantitative estimate of drug-likeness (QED) is 0.519. The second-order valence-electron chi connectivity index (χ2n) is 4.95. The molecule has 110 valence electrons. The van der Waals surface area contributed by atoms with Gasteiger partial charge in [-0.3, -0.25) is 10.3 Å². The highest BCUT2D eigenvalue weighted by molar-refractivity contribution is 5.74. The number of hydrogen-bond donors (Lipinski definition) is 3. The van der Waals surface area contributed by atoms with Gasteiger partial charge in [-0.25, -0.2) is 0 Å². The number of β-amino-alcohol motifs (C(OH)–C–C–N with tert-alkyl or cyclic N) is 1. The predicted molar refractivity (Wildman–Crippen MR) is 77.9 cm³/mol. The minimum absolute atomic E-state index is 0.123. The summed E-state index contributed by atoms with van der Waals surface area (Å²) in [5.74, 6) is 0.894. The molecule has 4 N–H and O–H groups in total. The van der Waals surface area contributed by atoms with Crippen LogP contribution in [0.25, 0.3) is 0 Å². The van der Waals surface area contributed by atoms with Crippen molar-refractivity contribution in [3.8, 4) is 5.75 Å². The Morgan fingerprint density at radius 3 is 2.50 bits per heavy atom. The van der Waals surface area contributed by atoms with Gasteiger partial charge in [0.2, 0.25) is 0 Å². The molecule has 0 bridgehead atoms. The molecule has 1 heterocycles. The zero-order valence-corrected chi connectivity index (χ0v) is 11.5. The van der Waals surface area contributed by atoms with Gasteiger partial charge >= 0.3 is 0 Å². The van der Waals surface area contributed by atoms with Crippen molar-refractivity contribution in [2.45, 2.75) is 6.10 Å². The van der Waals surface area contributed by atoms with Crippen molar-refractivity contribution in [1.29, 1.82) is 5.41 Å². The highest BCUT2D eigenvalue weighted by Crippen LogP contribution is 2.09. The lowest BCUT2D eigenvalue weighted by Gasteiger charge is -2.35. The SMILES string of the molecule is N=C(N)N1CCN(C[C@@H](O)COc2ccccc2)CC1. The van der Waals surface area contributed by atoms with Gasteiger partial charge in [-0.1, -0.05) is 18.2 Å². The number of nitrogens with zero attached hydrogens (tertiary/aromatic N) is 2. The zero-order valence-electron chi connectivity index (χ0n) is 11.5. The average Bonchev–Trinajstić information content (AvgIpc) is 2.47. The minimum atomic E-state index is -0.515. The number of benzene rings is 1. The van der Waals surface area contributed by atoms with Crippen molar-refractivity contribution in [1.82, 2.24) is 9.80 Å². The Bertz CT molecular complexity index is 418. The summed E-state index contributed by atoms with van der Waals surface area (Å²) in [7, 11) is 0. The monoisotopic (exact) mass is 278 g/mol. The molecular weight excluding hydrogens is 256 g/mol. The maximum atomic E-state index is 9.99. The summed E-state index contributed by atoms with van der Waals surface area (Å²) in [6, 6.07) is 9.49. The van der Waals surface area contributed by atoms with Crippen LogP contribution in [0.3, 0.4) is 0 Å². The highest BCUT2D eigenvalue weighted by Gasteiger charge is 2.19. The van der Waals surface area contributed by atoms with Crippen molar-refractivity contribution in [2.24, 2.45) is 5.73 Å². The van der Waals surface area contributed by atoms with Gasteiger partial charge in [0.25, 0.3) is 0 Å². The number of piperazine rings is 1. The number of para-hydroxylation sites is 1. The van der Waals surface area contributed by atoms with Gasteiger partial charge in [0.05, 0.1) is 0 Å². The molecule has 2 rings (SSSR count). The number of hydrogen-bond acceptors (Lipinski definition) is 4. The molecule has 1 aromatic rings. The van der Waals surface area contributed by atoms with Crippen molar-refractivity contribution in [2.75, 3.05) is 39.3 Å². The molecule has 0 spiro atoms. The lowest BCUT2D eigenvalue weighted by atomic mass is 10.2. The normalized spacial score (nSPS) is 17.8. The molecule has 20 heavy (non-hydrogen) atoms. The molecule has 0 amide bonds. The van der Waals surface area contributed by atoms with Crippen LogP contribution in [0.5, 0.6) is 5.75 Å². The van der Waals surface area contributed by atoms with E-state index in [4.69, 9.17) is 15.9 Å². The Morgan fingerprint density at radius 1 is 1.25 bits per heavy atom. The lowest BCUT2D eigenvalue weighted by Crippen LogP contribution is -2.52. The number of aliphatic hydroxyl groups is 1. The van der Waals surface area contributed by atoms with Crippen molar-refractivity contribution in [3.05, 3.63) is 30.3 Å². The molecule has 0 aromatic heterocycles. The average molecular weight is 278 g/mol. The molecular formula is C14H22N4O2. The van der Waals surface area contributed by atoms with Gasteiger partial charge in [0.15, 0.2) is 5.96 Å². The van der Waals surface area contributed by atoms with Crippen molar-refractivity contribution >= 4 is 5.96 Å². The fraction of sp³-hybridized carbons (Fsp3) is 0.500. The van der Waals surface area contributed by atoms with Gasteiger partial charge in [0.1, 0.15) is 18.5 Å². The third-order valence-electron chi connectivity index (χ3n) is 3.37. The molecule has 0 aliphatic carbocycles. The third kappa shape index (κ3) is 4.40. The second kappa shape index (κ2) is 7.12. The summed E-state index contributed by atoms with van der Waals surface area (Å²) in [6.45, 7) is 3.96. The van der Waals surface area contributed by atoms with E-state index < -0.39 is 6.10 Å². The van der Waals surface area contributed by atoms with E-state index in [2.05, 4.69) is 4.90 Å². The molecule has 1 fully saturated rings. The standard InChI is InChI=1S/C14H22N4O2/c15-14(16)18-8-6-17(7-9-18)10-12(19)11-20-13-4-2-1-3-5-13/h1-5,12,19H,6-11H2,(H3,15,16)/t12-/m1/s1. The van der Waals surface area contributed by atoms with Crippen LogP contribution in [0.1, 0.15) is 0 Å². The third-order valence-corrected chi connectivity index (χ3v) is 3.37. The molecule has 0 radical (unpaired) electrons. The molecule has 6 nitrogen and oxygen atoms in total. The summed E-state index contributed by atoms with van der Waals surface area (Å²) >= 11 is 0. The summed E-state index contributed by atoms with van der Waals surface area (Å²) in [5.41, 5.74) is 5.45. The van der Waals surface area contributed by atoms with Gasteiger partial charge in [-0.15, -0.1) is 0 Å². The fourth-order valence-corrected chi connectivity index (χ4v) is 2.23. The molecule has 6 heteroatoms. The first-order valence-electron chi connectivity index (χ1n) is 6.82. The number of guanidine groups is 1. The first kappa shape index (κ1) is 14.6. The van der Waals surface area contributed by atoms with Crippen LogP contribution in [0.4, 0.5) is 0 Å². The largest absolute Gasteiger partial charge is 0.491 e. The maximum absolute atomic E-state index is 9.99.